The van der Waals surface area contributed by atoms with Crippen molar-refractivity contribution in [2.24, 2.45) is 23.5 Å². The van der Waals surface area contributed by atoms with Crippen molar-refractivity contribution in [1.82, 2.24) is 0 Å². The average Bonchev–Trinajstić information content (AvgIpc) is 2.05. The topological polar surface area (TPSA) is 26.0 Å². The Kier molecular flexibility index (Phi) is 6.97. The molecule has 1 nitrogen and oxygen atoms in total. The molecule has 0 aliphatic heterocycles. The van der Waals surface area contributed by atoms with E-state index in [1.165, 1.54) is 12.8 Å². The van der Waals surface area contributed by atoms with Gasteiger partial charge in [-0.3, -0.25) is 0 Å². The van der Waals surface area contributed by atoms with Gasteiger partial charge in [0.15, 0.2) is 0 Å². The van der Waals surface area contributed by atoms with E-state index < -0.39 is 0 Å². The monoisotopic (exact) mass is 183 g/mol. The first-order valence-corrected chi connectivity index (χ1v) is 5.44. The molecule has 0 saturated carbocycles. The molecule has 0 rings (SSSR count). The van der Waals surface area contributed by atoms with Crippen molar-refractivity contribution in [2.75, 3.05) is 6.54 Å². The third-order valence-corrected chi connectivity index (χ3v) is 2.93. The normalized spacial score (nSPS) is 15.8. The minimum atomic E-state index is 0.685. The SMILES string of the molecule is C=CCCCC(C)C(CN)C(C)C. The van der Waals surface area contributed by atoms with Crippen LogP contribution in [0.25, 0.3) is 0 Å². The van der Waals surface area contributed by atoms with Crippen molar-refractivity contribution < 1.29 is 0 Å². The molecule has 0 aliphatic rings. The van der Waals surface area contributed by atoms with Crippen LogP contribution in [-0.2, 0) is 0 Å². The fourth-order valence-corrected chi connectivity index (χ4v) is 1.96. The fraction of sp³-hybridized carbons (Fsp3) is 0.833. The van der Waals surface area contributed by atoms with Crippen molar-refractivity contribution in [3.63, 3.8) is 0 Å². The summed E-state index contributed by atoms with van der Waals surface area (Å²) in [4.78, 5) is 0. The molecule has 0 spiro atoms. The molecule has 0 radical (unpaired) electrons. The molecule has 0 aromatic rings. The molecule has 0 saturated heterocycles. The van der Waals surface area contributed by atoms with Gasteiger partial charge >= 0.3 is 0 Å². The Morgan fingerprint density at radius 3 is 2.31 bits per heavy atom. The molecule has 0 aliphatic carbocycles. The molecule has 0 aromatic heterocycles. The number of hydrogen-bond acceptors (Lipinski definition) is 1. The van der Waals surface area contributed by atoms with Crippen LogP contribution in [0.3, 0.4) is 0 Å². The Bertz CT molecular complexity index is 129. The summed E-state index contributed by atoms with van der Waals surface area (Å²) in [6.45, 7) is 11.4. The molecule has 1 heteroatoms. The molecule has 13 heavy (non-hydrogen) atoms. The Balaban J connectivity index is 3.76. The molecule has 2 atom stereocenters. The maximum atomic E-state index is 5.76. The zero-order valence-corrected chi connectivity index (χ0v) is 9.42. The minimum Gasteiger partial charge on any atom is -0.330 e. The van der Waals surface area contributed by atoms with Gasteiger partial charge in [0, 0.05) is 0 Å². The van der Waals surface area contributed by atoms with E-state index in [4.69, 9.17) is 5.73 Å². The van der Waals surface area contributed by atoms with Gasteiger partial charge in [-0.05, 0) is 37.1 Å². The predicted octanol–water partition coefficient (Wildman–Crippen LogP) is 3.21. The highest BCUT2D eigenvalue weighted by Gasteiger charge is 2.18. The van der Waals surface area contributed by atoms with E-state index >= 15 is 0 Å². The summed E-state index contributed by atoms with van der Waals surface area (Å²) >= 11 is 0. The lowest BCUT2D eigenvalue weighted by atomic mass is 9.82. The molecule has 0 bridgehead atoms. The van der Waals surface area contributed by atoms with Gasteiger partial charge in [-0.25, -0.2) is 0 Å². The Labute approximate surface area is 83.4 Å². The summed E-state index contributed by atoms with van der Waals surface area (Å²) in [6.07, 6.45) is 5.68. The summed E-state index contributed by atoms with van der Waals surface area (Å²) in [6, 6.07) is 0. The first-order valence-electron chi connectivity index (χ1n) is 5.44. The van der Waals surface area contributed by atoms with Crippen LogP contribution < -0.4 is 5.73 Å². The van der Waals surface area contributed by atoms with Gasteiger partial charge in [0.05, 0.1) is 0 Å². The summed E-state index contributed by atoms with van der Waals surface area (Å²) < 4.78 is 0. The highest BCUT2D eigenvalue weighted by Crippen LogP contribution is 2.24. The van der Waals surface area contributed by atoms with Gasteiger partial charge in [0.1, 0.15) is 0 Å². The highest BCUT2D eigenvalue weighted by atomic mass is 14.6. The van der Waals surface area contributed by atoms with Crippen molar-refractivity contribution in [1.29, 1.82) is 0 Å². The molecule has 0 amide bonds. The molecule has 2 unspecified atom stereocenters. The number of rotatable bonds is 7. The lowest BCUT2D eigenvalue weighted by Crippen LogP contribution is -2.26. The summed E-state index contributed by atoms with van der Waals surface area (Å²) in [5, 5.41) is 0. The van der Waals surface area contributed by atoms with Crippen molar-refractivity contribution in [2.45, 2.75) is 40.0 Å². The molecule has 0 aromatic carbocycles. The Morgan fingerprint density at radius 2 is 1.92 bits per heavy atom. The molecular formula is C12H25N. The van der Waals surface area contributed by atoms with Gasteiger partial charge in [-0.2, -0.15) is 0 Å². The number of unbranched alkanes of at least 4 members (excludes halogenated alkanes) is 1. The van der Waals surface area contributed by atoms with Crippen LogP contribution in [0.2, 0.25) is 0 Å². The Morgan fingerprint density at radius 1 is 1.31 bits per heavy atom. The van der Waals surface area contributed by atoms with Crippen molar-refractivity contribution in [3.8, 4) is 0 Å². The van der Waals surface area contributed by atoms with E-state index in [1.807, 2.05) is 6.08 Å². The molecule has 2 N–H and O–H groups in total. The second-order valence-electron chi connectivity index (χ2n) is 4.34. The van der Waals surface area contributed by atoms with Crippen LogP contribution in [0, 0.1) is 17.8 Å². The van der Waals surface area contributed by atoms with Crippen LogP contribution >= 0.6 is 0 Å². The van der Waals surface area contributed by atoms with E-state index in [2.05, 4.69) is 27.4 Å². The summed E-state index contributed by atoms with van der Waals surface area (Å²) in [5.74, 6) is 2.15. The van der Waals surface area contributed by atoms with Gasteiger partial charge < -0.3 is 5.73 Å². The third-order valence-electron chi connectivity index (χ3n) is 2.93. The lowest BCUT2D eigenvalue weighted by Gasteiger charge is -2.25. The van der Waals surface area contributed by atoms with Gasteiger partial charge in [0.25, 0.3) is 0 Å². The van der Waals surface area contributed by atoms with E-state index in [0.717, 1.165) is 18.9 Å². The maximum Gasteiger partial charge on any atom is -0.00439 e. The number of hydrogen-bond donors (Lipinski definition) is 1. The second-order valence-corrected chi connectivity index (χ2v) is 4.34. The number of nitrogens with two attached hydrogens (primary N) is 1. The standard InChI is InChI=1S/C12H25N/c1-5-6-7-8-11(4)12(9-13)10(2)3/h5,10-12H,1,6-9,13H2,2-4H3. The van der Waals surface area contributed by atoms with E-state index in [9.17, 15) is 0 Å². The third kappa shape index (κ3) is 5.09. The lowest BCUT2D eigenvalue weighted by molar-refractivity contribution is 0.262. The summed E-state index contributed by atoms with van der Waals surface area (Å²) in [5.41, 5.74) is 5.76. The summed E-state index contributed by atoms with van der Waals surface area (Å²) in [7, 11) is 0. The minimum absolute atomic E-state index is 0.685. The van der Waals surface area contributed by atoms with E-state index in [-0.39, 0.29) is 0 Å². The van der Waals surface area contributed by atoms with Gasteiger partial charge in [-0.1, -0.05) is 33.3 Å². The van der Waals surface area contributed by atoms with E-state index in [1.54, 1.807) is 0 Å². The van der Waals surface area contributed by atoms with Crippen LogP contribution in [0.15, 0.2) is 12.7 Å². The van der Waals surface area contributed by atoms with Gasteiger partial charge in [-0.15, -0.1) is 6.58 Å². The van der Waals surface area contributed by atoms with Crippen LogP contribution in [0.4, 0.5) is 0 Å². The average molecular weight is 183 g/mol. The molecule has 0 heterocycles. The number of allylic oxidation sites excluding steroid dienone is 1. The van der Waals surface area contributed by atoms with Crippen molar-refractivity contribution in [3.05, 3.63) is 12.7 Å². The second kappa shape index (κ2) is 7.14. The zero-order chi connectivity index (χ0) is 10.3. The zero-order valence-electron chi connectivity index (χ0n) is 9.42. The largest absolute Gasteiger partial charge is 0.330 e. The smallest absolute Gasteiger partial charge is 0.00439 e. The van der Waals surface area contributed by atoms with Crippen molar-refractivity contribution >= 4 is 0 Å². The maximum absolute atomic E-state index is 5.76. The van der Waals surface area contributed by atoms with Crippen LogP contribution in [0.5, 0.6) is 0 Å². The van der Waals surface area contributed by atoms with E-state index in [0.29, 0.717) is 11.8 Å². The van der Waals surface area contributed by atoms with Gasteiger partial charge in [0.2, 0.25) is 0 Å². The Hall–Kier alpha value is -0.300. The van der Waals surface area contributed by atoms with Crippen LogP contribution in [0.1, 0.15) is 40.0 Å². The predicted molar refractivity (Wildman–Crippen MR) is 60.6 cm³/mol. The quantitative estimate of drug-likeness (QED) is 0.476. The molecule has 78 valence electrons. The molecule has 0 fully saturated rings. The molecular weight excluding hydrogens is 158 g/mol. The van der Waals surface area contributed by atoms with Crippen LogP contribution in [-0.4, -0.2) is 6.54 Å². The first kappa shape index (κ1) is 12.7. The fourth-order valence-electron chi connectivity index (χ4n) is 1.96. The highest BCUT2D eigenvalue weighted by molar-refractivity contribution is 4.73. The first-order chi connectivity index (χ1) is 6.13.